The zero-order valence-corrected chi connectivity index (χ0v) is 13.2. The molecule has 3 aromatic rings. The number of hydrogen-bond donors (Lipinski definition) is 2. The number of aromatic nitrogens is 2. The largest absolute Gasteiger partial charge is 0.438 e. The summed E-state index contributed by atoms with van der Waals surface area (Å²) in [5, 5.41) is 14.6. The molecule has 1 aromatic carbocycles. The number of benzene rings is 1. The summed E-state index contributed by atoms with van der Waals surface area (Å²) < 4.78 is 11.1. The van der Waals surface area contributed by atoms with E-state index < -0.39 is 5.60 Å². The number of rotatable bonds is 4. The van der Waals surface area contributed by atoms with Crippen LogP contribution in [0.3, 0.4) is 0 Å². The van der Waals surface area contributed by atoms with Crippen molar-refractivity contribution >= 4 is 16.9 Å². The molecule has 24 heavy (non-hydrogen) atoms. The minimum atomic E-state index is -0.762. The zero-order valence-electron chi connectivity index (χ0n) is 13.2. The van der Waals surface area contributed by atoms with Gasteiger partial charge in [0.1, 0.15) is 17.9 Å². The molecule has 0 aliphatic carbocycles. The maximum absolute atomic E-state index is 10.6. The van der Waals surface area contributed by atoms with Gasteiger partial charge in [0.05, 0.1) is 11.0 Å². The van der Waals surface area contributed by atoms with Crippen LogP contribution < -0.4 is 5.32 Å². The van der Waals surface area contributed by atoms with E-state index in [9.17, 15) is 5.11 Å². The maximum Gasteiger partial charge on any atom is 0.231 e. The second kappa shape index (κ2) is 6.22. The van der Waals surface area contributed by atoms with Crippen LogP contribution in [0.5, 0.6) is 0 Å². The molecule has 124 valence electrons. The lowest BCUT2D eigenvalue weighted by atomic mass is 9.94. The first-order valence-corrected chi connectivity index (χ1v) is 8.08. The van der Waals surface area contributed by atoms with E-state index in [-0.39, 0.29) is 0 Å². The average Bonchev–Trinajstić information content (AvgIpc) is 3.06. The summed E-state index contributed by atoms with van der Waals surface area (Å²) in [6.07, 6.45) is 2.71. The van der Waals surface area contributed by atoms with Gasteiger partial charge >= 0.3 is 0 Å². The molecule has 2 aromatic heterocycles. The molecule has 0 unspecified atom stereocenters. The first-order valence-electron chi connectivity index (χ1n) is 8.08. The van der Waals surface area contributed by atoms with Crippen LogP contribution in [-0.2, 0) is 4.74 Å². The second-order valence-corrected chi connectivity index (χ2v) is 6.11. The highest BCUT2D eigenvalue weighted by atomic mass is 16.5. The van der Waals surface area contributed by atoms with Crippen LogP contribution in [0.1, 0.15) is 12.8 Å². The van der Waals surface area contributed by atoms with E-state index in [0.717, 1.165) is 16.7 Å². The zero-order chi connectivity index (χ0) is 16.4. The van der Waals surface area contributed by atoms with Gasteiger partial charge in [-0.05, 0) is 6.07 Å². The van der Waals surface area contributed by atoms with Crippen LogP contribution in [0.25, 0.3) is 22.4 Å². The Labute approximate surface area is 139 Å². The van der Waals surface area contributed by atoms with E-state index in [2.05, 4.69) is 15.3 Å². The standard InChI is InChI=1S/C18H19N3O3/c22-18(6-8-23-9-7-18)11-19-16-14-10-15(13-4-2-1-3-5-13)24-17(14)21-12-20-16/h1-5,10,12,22H,6-9,11H2,(H,19,20,21). The lowest BCUT2D eigenvalue weighted by molar-refractivity contribution is -0.0543. The van der Waals surface area contributed by atoms with Crippen LogP contribution in [-0.4, -0.2) is 40.4 Å². The fraction of sp³-hybridized carbons (Fsp3) is 0.333. The smallest absolute Gasteiger partial charge is 0.231 e. The second-order valence-electron chi connectivity index (χ2n) is 6.11. The third-order valence-electron chi connectivity index (χ3n) is 4.40. The minimum absolute atomic E-state index is 0.425. The highest BCUT2D eigenvalue weighted by molar-refractivity contribution is 5.89. The first-order chi connectivity index (χ1) is 11.7. The summed E-state index contributed by atoms with van der Waals surface area (Å²) in [4.78, 5) is 8.50. The fourth-order valence-corrected chi connectivity index (χ4v) is 2.92. The number of hydrogen-bond acceptors (Lipinski definition) is 6. The molecule has 2 N–H and O–H groups in total. The molecule has 4 rings (SSSR count). The molecule has 1 fully saturated rings. The molecule has 0 saturated carbocycles. The lowest BCUT2D eigenvalue weighted by Crippen LogP contribution is -2.42. The molecule has 6 nitrogen and oxygen atoms in total. The van der Waals surface area contributed by atoms with Crippen molar-refractivity contribution in [2.45, 2.75) is 18.4 Å². The maximum atomic E-state index is 10.6. The summed E-state index contributed by atoms with van der Waals surface area (Å²) in [5.74, 6) is 1.42. The average molecular weight is 325 g/mol. The van der Waals surface area contributed by atoms with Gasteiger partial charge in [-0.3, -0.25) is 0 Å². The summed E-state index contributed by atoms with van der Waals surface area (Å²) in [5.41, 5.74) is 0.761. The van der Waals surface area contributed by atoms with Gasteiger partial charge < -0.3 is 19.6 Å². The molecule has 0 atom stereocenters. The van der Waals surface area contributed by atoms with Gasteiger partial charge in [0.2, 0.25) is 5.71 Å². The Morgan fingerprint density at radius 1 is 1.12 bits per heavy atom. The van der Waals surface area contributed by atoms with Gasteiger partial charge in [0.25, 0.3) is 0 Å². The quantitative estimate of drug-likeness (QED) is 0.768. The predicted molar refractivity (Wildman–Crippen MR) is 90.7 cm³/mol. The van der Waals surface area contributed by atoms with Crippen molar-refractivity contribution in [3.8, 4) is 11.3 Å². The minimum Gasteiger partial charge on any atom is -0.438 e. The lowest BCUT2D eigenvalue weighted by Gasteiger charge is -2.32. The Morgan fingerprint density at radius 2 is 1.92 bits per heavy atom. The van der Waals surface area contributed by atoms with E-state index in [0.29, 0.717) is 44.1 Å². The number of anilines is 1. The third-order valence-corrected chi connectivity index (χ3v) is 4.40. The van der Waals surface area contributed by atoms with E-state index in [1.54, 1.807) is 0 Å². The molecule has 0 bridgehead atoms. The molecular weight excluding hydrogens is 306 g/mol. The van der Waals surface area contributed by atoms with Crippen LogP contribution in [0.2, 0.25) is 0 Å². The molecule has 1 saturated heterocycles. The Morgan fingerprint density at radius 3 is 2.71 bits per heavy atom. The summed E-state index contributed by atoms with van der Waals surface area (Å²) in [7, 11) is 0. The summed E-state index contributed by atoms with van der Waals surface area (Å²) in [6, 6.07) is 11.8. The Bertz CT molecular complexity index is 826. The fourth-order valence-electron chi connectivity index (χ4n) is 2.92. The van der Waals surface area contributed by atoms with E-state index in [1.807, 2.05) is 36.4 Å². The molecule has 1 aliphatic rings. The van der Waals surface area contributed by atoms with E-state index in [4.69, 9.17) is 9.15 Å². The Hall–Kier alpha value is -2.44. The molecule has 3 heterocycles. The Kier molecular flexibility index (Phi) is 3.92. The molecule has 6 heteroatoms. The number of nitrogens with zero attached hydrogens (tertiary/aromatic N) is 2. The highest BCUT2D eigenvalue weighted by Gasteiger charge is 2.29. The van der Waals surface area contributed by atoms with Gasteiger partial charge in [-0.2, -0.15) is 0 Å². The normalized spacial score (nSPS) is 17.0. The SMILES string of the molecule is OC1(CNc2ncnc3oc(-c4ccccc4)cc23)CCOCC1. The van der Waals surface area contributed by atoms with E-state index >= 15 is 0 Å². The molecule has 0 radical (unpaired) electrons. The number of nitrogens with one attached hydrogen (secondary N) is 1. The van der Waals surface area contributed by atoms with Crippen molar-refractivity contribution in [3.05, 3.63) is 42.7 Å². The van der Waals surface area contributed by atoms with Gasteiger partial charge in [0, 0.05) is 38.2 Å². The summed E-state index contributed by atoms with van der Waals surface area (Å²) in [6.45, 7) is 1.59. The van der Waals surface area contributed by atoms with Crippen molar-refractivity contribution in [1.82, 2.24) is 9.97 Å². The van der Waals surface area contributed by atoms with Crippen molar-refractivity contribution in [3.63, 3.8) is 0 Å². The Balaban J connectivity index is 1.60. The van der Waals surface area contributed by atoms with E-state index in [1.165, 1.54) is 6.33 Å². The summed E-state index contributed by atoms with van der Waals surface area (Å²) >= 11 is 0. The van der Waals surface area contributed by atoms with Crippen molar-refractivity contribution < 1.29 is 14.3 Å². The van der Waals surface area contributed by atoms with Gasteiger partial charge in [-0.25, -0.2) is 9.97 Å². The van der Waals surface area contributed by atoms with Crippen LogP contribution in [0.4, 0.5) is 5.82 Å². The molecular formula is C18H19N3O3. The third kappa shape index (κ3) is 2.98. The molecule has 1 aliphatic heterocycles. The number of aliphatic hydroxyl groups is 1. The van der Waals surface area contributed by atoms with Gasteiger partial charge in [-0.1, -0.05) is 30.3 Å². The number of furan rings is 1. The van der Waals surface area contributed by atoms with Crippen molar-refractivity contribution in [1.29, 1.82) is 0 Å². The molecule has 0 spiro atoms. The van der Waals surface area contributed by atoms with Gasteiger partial charge in [0.15, 0.2) is 0 Å². The van der Waals surface area contributed by atoms with Crippen molar-refractivity contribution in [2.75, 3.05) is 25.1 Å². The first kappa shape index (κ1) is 15.1. The number of ether oxygens (including phenoxy) is 1. The van der Waals surface area contributed by atoms with Crippen LogP contribution in [0, 0.1) is 0 Å². The van der Waals surface area contributed by atoms with Crippen LogP contribution >= 0.6 is 0 Å². The topological polar surface area (TPSA) is 80.4 Å². The number of fused-ring (bicyclic) bond motifs is 1. The predicted octanol–water partition coefficient (Wildman–Crippen LogP) is 2.84. The van der Waals surface area contributed by atoms with Gasteiger partial charge in [-0.15, -0.1) is 0 Å². The monoisotopic (exact) mass is 325 g/mol. The highest BCUT2D eigenvalue weighted by Crippen LogP contribution is 2.30. The van der Waals surface area contributed by atoms with Crippen molar-refractivity contribution in [2.24, 2.45) is 0 Å². The van der Waals surface area contributed by atoms with Crippen LogP contribution in [0.15, 0.2) is 47.1 Å². The molecule has 0 amide bonds.